The van der Waals surface area contributed by atoms with Crippen LogP contribution in [-0.4, -0.2) is 14.3 Å². The monoisotopic (exact) mass is 167 g/mol. The molecule has 1 aliphatic carbocycles. The molecule has 0 atom stereocenters. The summed E-state index contributed by atoms with van der Waals surface area (Å²) in [6.45, 7) is 0. The second kappa shape index (κ2) is 2.77. The minimum Gasteiger partial charge on any atom is -0.273 e. The van der Waals surface area contributed by atoms with Gasteiger partial charge < -0.3 is 0 Å². The summed E-state index contributed by atoms with van der Waals surface area (Å²) in [5, 5.41) is 0. The molecule has 0 aromatic carbocycles. The fourth-order valence-electron chi connectivity index (χ4n) is 1.95. The molecule has 4 nitrogen and oxygen atoms in total. The van der Waals surface area contributed by atoms with Gasteiger partial charge in [-0.25, -0.2) is 9.48 Å². The van der Waals surface area contributed by atoms with Crippen molar-refractivity contribution in [3.05, 3.63) is 16.8 Å². The van der Waals surface area contributed by atoms with Gasteiger partial charge in [0.05, 0.1) is 6.04 Å². The van der Waals surface area contributed by atoms with Gasteiger partial charge >= 0.3 is 5.69 Å². The van der Waals surface area contributed by atoms with E-state index in [0.29, 0.717) is 6.04 Å². The van der Waals surface area contributed by atoms with Crippen LogP contribution >= 0.6 is 0 Å². The highest BCUT2D eigenvalue weighted by atomic mass is 16.2. The molecule has 0 saturated heterocycles. The van der Waals surface area contributed by atoms with Crippen LogP contribution in [0.2, 0.25) is 0 Å². The highest BCUT2D eigenvalue weighted by molar-refractivity contribution is 4.76. The Bertz CT molecular complexity index is 319. The summed E-state index contributed by atoms with van der Waals surface area (Å²) in [6.07, 6.45) is 6.31. The molecule has 1 aromatic rings. The molecule has 0 aliphatic heterocycles. The van der Waals surface area contributed by atoms with Crippen molar-refractivity contribution in [1.29, 1.82) is 0 Å². The van der Waals surface area contributed by atoms with Crippen LogP contribution in [-0.2, 0) is 7.05 Å². The third kappa shape index (κ3) is 1.07. The lowest BCUT2D eigenvalue weighted by atomic mass is 10.3. The van der Waals surface area contributed by atoms with Gasteiger partial charge in [-0.2, -0.15) is 4.98 Å². The van der Waals surface area contributed by atoms with Crippen molar-refractivity contribution in [3.8, 4) is 0 Å². The summed E-state index contributed by atoms with van der Waals surface area (Å²) in [4.78, 5) is 15.0. The van der Waals surface area contributed by atoms with Gasteiger partial charge in [0.15, 0.2) is 0 Å². The Kier molecular flexibility index (Phi) is 1.75. The largest absolute Gasteiger partial charge is 0.364 e. The van der Waals surface area contributed by atoms with Crippen molar-refractivity contribution in [3.63, 3.8) is 0 Å². The van der Waals surface area contributed by atoms with Crippen molar-refractivity contribution < 1.29 is 0 Å². The van der Waals surface area contributed by atoms with Crippen LogP contribution in [0.3, 0.4) is 0 Å². The maximum absolute atomic E-state index is 11.3. The Morgan fingerprint density at radius 3 is 2.67 bits per heavy atom. The van der Waals surface area contributed by atoms with E-state index in [2.05, 4.69) is 4.98 Å². The Hall–Kier alpha value is -1.06. The number of aromatic nitrogens is 3. The zero-order valence-electron chi connectivity index (χ0n) is 7.23. The number of rotatable bonds is 1. The van der Waals surface area contributed by atoms with Gasteiger partial charge in [-0.15, -0.1) is 0 Å². The van der Waals surface area contributed by atoms with Gasteiger partial charge in [-0.05, 0) is 12.8 Å². The van der Waals surface area contributed by atoms with Crippen LogP contribution in [0.5, 0.6) is 0 Å². The molecule has 0 N–H and O–H groups in total. The van der Waals surface area contributed by atoms with E-state index in [4.69, 9.17) is 0 Å². The smallest absolute Gasteiger partial charge is 0.273 e. The van der Waals surface area contributed by atoms with Crippen molar-refractivity contribution >= 4 is 0 Å². The first-order valence-electron chi connectivity index (χ1n) is 4.39. The van der Waals surface area contributed by atoms with Crippen LogP contribution in [0.4, 0.5) is 0 Å². The summed E-state index contributed by atoms with van der Waals surface area (Å²) in [5.41, 5.74) is -0.107. The molecule has 4 heteroatoms. The zero-order chi connectivity index (χ0) is 8.55. The van der Waals surface area contributed by atoms with Crippen molar-refractivity contribution in [1.82, 2.24) is 14.3 Å². The summed E-state index contributed by atoms with van der Waals surface area (Å²) in [5.74, 6) is 0. The van der Waals surface area contributed by atoms with Gasteiger partial charge in [-0.3, -0.25) is 4.68 Å². The molecule has 66 valence electrons. The standard InChI is InChI=1S/C8H13N3O/c1-10-6-9-8(12)11(10)7-4-2-3-5-7/h6-7H,2-5H2,1H3. The fraction of sp³-hybridized carbons (Fsp3) is 0.750. The SMILES string of the molecule is Cn1cnc(=O)n1C1CCCC1. The first-order chi connectivity index (χ1) is 5.79. The molecular formula is C8H13N3O. The van der Waals surface area contributed by atoms with E-state index in [1.165, 1.54) is 12.8 Å². The molecule has 0 bridgehead atoms. The van der Waals surface area contributed by atoms with Crippen LogP contribution < -0.4 is 5.69 Å². The van der Waals surface area contributed by atoms with Crippen LogP contribution in [0.25, 0.3) is 0 Å². The number of aryl methyl sites for hydroxylation is 1. The van der Waals surface area contributed by atoms with Crippen molar-refractivity contribution in [2.75, 3.05) is 0 Å². The average molecular weight is 167 g/mol. The lowest BCUT2D eigenvalue weighted by Gasteiger charge is -2.12. The Balaban J connectivity index is 2.37. The number of nitrogens with zero attached hydrogens (tertiary/aromatic N) is 3. The summed E-state index contributed by atoms with van der Waals surface area (Å²) < 4.78 is 3.55. The third-order valence-electron chi connectivity index (χ3n) is 2.54. The minimum absolute atomic E-state index is 0.107. The lowest BCUT2D eigenvalue weighted by Crippen LogP contribution is -2.25. The van der Waals surface area contributed by atoms with Gasteiger partial charge in [0.25, 0.3) is 0 Å². The molecule has 12 heavy (non-hydrogen) atoms. The molecule has 2 rings (SSSR count). The van der Waals surface area contributed by atoms with E-state index in [-0.39, 0.29) is 5.69 Å². The summed E-state index contributed by atoms with van der Waals surface area (Å²) in [7, 11) is 1.87. The quantitative estimate of drug-likeness (QED) is 0.617. The van der Waals surface area contributed by atoms with E-state index in [1.807, 2.05) is 7.05 Å². The summed E-state index contributed by atoms with van der Waals surface area (Å²) >= 11 is 0. The maximum Gasteiger partial charge on any atom is 0.364 e. The Morgan fingerprint density at radius 2 is 2.17 bits per heavy atom. The Labute approximate surface area is 70.8 Å². The second-order valence-corrected chi connectivity index (χ2v) is 3.38. The average Bonchev–Trinajstić information content (AvgIpc) is 2.61. The fourth-order valence-corrected chi connectivity index (χ4v) is 1.95. The molecule has 0 spiro atoms. The van der Waals surface area contributed by atoms with Crippen molar-refractivity contribution in [2.45, 2.75) is 31.7 Å². The first-order valence-corrected chi connectivity index (χ1v) is 4.39. The van der Waals surface area contributed by atoms with E-state index in [0.717, 1.165) is 12.8 Å². The minimum atomic E-state index is -0.107. The van der Waals surface area contributed by atoms with Crippen LogP contribution in [0, 0.1) is 0 Å². The van der Waals surface area contributed by atoms with E-state index < -0.39 is 0 Å². The molecule has 0 radical (unpaired) electrons. The molecule has 1 fully saturated rings. The lowest BCUT2D eigenvalue weighted by molar-refractivity contribution is 0.393. The third-order valence-corrected chi connectivity index (χ3v) is 2.54. The van der Waals surface area contributed by atoms with E-state index >= 15 is 0 Å². The second-order valence-electron chi connectivity index (χ2n) is 3.38. The van der Waals surface area contributed by atoms with E-state index in [9.17, 15) is 4.79 Å². The zero-order valence-corrected chi connectivity index (χ0v) is 7.23. The predicted octanol–water partition coefficient (Wildman–Crippen LogP) is 0.697. The molecule has 1 aromatic heterocycles. The first kappa shape index (κ1) is 7.58. The van der Waals surface area contributed by atoms with Gasteiger partial charge in [0.2, 0.25) is 0 Å². The predicted molar refractivity (Wildman–Crippen MR) is 45.0 cm³/mol. The highest BCUT2D eigenvalue weighted by Gasteiger charge is 2.19. The molecule has 0 unspecified atom stereocenters. The number of hydrogen-bond donors (Lipinski definition) is 0. The topological polar surface area (TPSA) is 39.8 Å². The molecule has 1 heterocycles. The molecular weight excluding hydrogens is 154 g/mol. The maximum atomic E-state index is 11.3. The van der Waals surface area contributed by atoms with Crippen molar-refractivity contribution in [2.24, 2.45) is 7.05 Å². The normalized spacial score (nSPS) is 18.8. The van der Waals surface area contributed by atoms with Gasteiger partial charge in [-0.1, -0.05) is 12.8 Å². The van der Waals surface area contributed by atoms with Crippen LogP contribution in [0.1, 0.15) is 31.7 Å². The molecule has 1 aliphatic rings. The van der Waals surface area contributed by atoms with Gasteiger partial charge in [0.1, 0.15) is 6.33 Å². The van der Waals surface area contributed by atoms with E-state index in [1.54, 1.807) is 15.7 Å². The molecule has 0 amide bonds. The number of hydrogen-bond acceptors (Lipinski definition) is 2. The van der Waals surface area contributed by atoms with Crippen LogP contribution in [0.15, 0.2) is 11.1 Å². The Morgan fingerprint density at radius 1 is 1.50 bits per heavy atom. The highest BCUT2D eigenvalue weighted by Crippen LogP contribution is 2.27. The summed E-state index contributed by atoms with van der Waals surface area (Å²) in [6, 6.07) is 0.394. The van der Waals surface area contributed by atoms with Gasteiger partial charge in [0, 0.05) is 7.05 Å². The molecule has 1 saturated carbocycles.